The number of nitrogens with zero attached hydrogens (tertiary/aromatic N) is 2. The van der Waals surface area contributed by atoms with Gasteiger partial charge in [-0.05, 0) is 31.9 Å². The van der Waals surface area contributed by atoms with Crippen LogP contribution in [0.1, 0.15) is 53.5 Å². The molecule has 0 unspecified atom stereocenters. The normalized spacial score (nSPS) is 10.9. The molecule has 2 aromatic heterocycles. The Balaban J connectivity index is 2.19. The summed E-state index contributed by atoms with van der Waals surface area (Å²) >= 11 is 0. The number of amides is 1. The molecule has 0 aliphatic rings. The van der Waals surface area contributed by atoms with Crippen molar-refractivity contribution < 1.29 is 9.53 Å². The molecule has 5 heteroatoms. The number of para-hydroxylation sites is 1. The van der Waals surface area contributed by atoms with E-state index in [0.717, 1.165) is 59.5 Å². The highest BCUT2D eigenvalue weighted by Gasteiger charge is 2.25. The van der Waals surface area contributed by atoms with Crippen molar-refractivity contribution in [2.45, 2.75) is 46.1 Å². The zero-order chi connectivity index (χ0) is 20.8. The molecule has 3 aromatic rings. The third-order valence-electron chi connectivity index (χ3n) is 5.37. The number of carbonyl (C=O) groups excluding carboxylic acids is 1. The Labute approximate surface area is 172 Å². The summed E-state index contributed by atoms with van der Waals surface area (Å²) in [5, 5.41) is 0. The molecule has 0 fully saturated rings. The van der Waals surface area contributed by atoms with Gasteiger partial charge in [-0.1, -0.05) is 44.0 Å². The Kier molecular flexibility index (Phi) is 6.70. The summed E-state index contributed by atoms with van der Waals surface area (Å²) < 4.78 is 7.77. The van der Waals surface area contributed by atoms with E-state index < -0.39 is 5.91 Å². The summed E-state index contributed by atoms with van der Waals surface area (Å²) in [6, 6.07) is 11.9. The molecule has 152 valence electrons. The van der Waals surface area contributed by atoms with Crippen molar-refractivity contribution in [3.63, 3.8) is 0 Å². The molecule has 2 heterocycles. The minimum atomic E-state index is -0.406. The van der Waals surface area contributed by atoms with E-state index in [9.17, 15) is 4.79 Å². The van der Waals surface area contributed by atoms with E-state index in [4.69, 9.17) is 10.5 Å². The number of aromatic nitrogens is 2. The number of carbonyl (C=O) groups is 1. The number of benzene rings is 1. The van der Waals surface area contributed by atoms with Crippen LogP contribution in [0.4, 0.5) is 0 Å². The van der Waals surface area contributed by atoms with Crippen LogP contribution in [0.2, 0.25) is 0 Å². The lowest BCUT2D eigenvalue weighted by Gasteiger charge is -2.15. The molecule has 1 aromatic carbocycles. The molecule has 0 aliphatic carbocycles. The fraction of sp³-hybridized carbons (Fsp3) is 0.333. The Morgan fingerprint density at radius 2 is 1.97 bits per heavy atom. The Bertz CT molecular complexity index is 977. The number of ether oxygens (including phenoxy) is 1. The third kappa shape index (κ3) is 4.34. The molecule has 5 nitrogen and oxygen atoms in total. The van der Waals surface area contributed by atoms with Crippen LogP contribution in [0.25, 0.3) is 11.1 Å². The van der Waals surface area contributed by atoms with Gasteiger partial charge in [-0.15, -0.1) is 0 Å². The van der Waals surface area contributed by atoms with Crippen LogP contribution in [0.5, 0.6) is 5.75 Å². The number of rotatable bonds is 9. The van der Waals surface area contributed by atoms with Crippen molar-refractivity contribution in [2.75, 3.05) is 7.11 Å². The first-order valence-corrected chi connectivity index (χ1v) is 10.1. The number of methoxy groups -OCH3 is 1. The van der Waals surface area contributed by atoms with Gasteiger partial charge >= 0.3 is 0 Å². The first kappa shape index (κ1) is 20.6. The number of primary amides is 1. The van der Waals surface area contributed by atoms with Gasteiger partial charge in [-0.3, -0.25) is 9.78 Å². The second kappa shape index (κ2) is 9.41. The van der Waals surface area contributed by atoms with Crippen molar-refractivity contribution in [2.24, 2.45) is 5.73 Å². The average Bonchev–Trinajstić information content (AvgIpc) is 3.01. The van der Waals surface area contributed by atoms with E-state index in [1.807, 2.05) is 37.3 Å². The monoisotopic (exact) mass is 391 g/mol. The summed E-state index contributed by atoms with van der Waals surface area (Å²) in [6.45, 7) is 4.78. The second-order valence-corrected chi connectivity index (χ2v) is 7.24. The second-order valence-electron chi connectivity index (χ2n) is 7.24. The quantitative estimate of drug-likeness (QED) is 0.535. The van der Waals surface area contributed by atoms with Crippen LogP contribution >= 0.6 is 0 Å². The first-order valence-electron chi connectivity index (χ1n) is 10.1. The predicted octanol–water partition coefficient (Wildman–Crippen LogP) is 4.75. The van der Waals surface area contributed by atoms with E-state index in [1.54, 1.807) is 19.5 Å². The summed E-state index contributed by atoms with van der Waals surface area (Å²) in [5.74, 6) is 0.431. The summed E-state index contributed by atoms with van der Waals surface area (Å²) in [4.78, 5) is 16.7. The lowest BCUT2D eigenvalue weighted by atomic mass is 9.98. The molecule has 0 saturated carbocycles. The van der Waals surface area contributed by atoms with Crippen LogP contribution < -0.4 is 10.5 Å². The van der Waals surface area contributed by atoms with Gasteiger partial charge in [0.1, 0.15) is 5.75 Å². The number of hydrogen-bond donors (Lipinski definition) is 1. The van der Waals surface area contributed by atoms with E-state index in [2.05, 4.69) is 22.5 Å². The van der Waals surface area contributed by atoms with Gasteiger partial charge < -0.3 is 15.0 Å². The smallest absolute Gasteiger partial charge is 0.251 e. The molecule has 3 rings (SSSR count). The van der Waals surface area contributed by atoms with Crippen molar-refractivity contribution >= 4 is 5.91 Å². The fourth-order valence-electron chi connectivity index (χ4n) is 3.94. The lowest BCUT2D eigenvalue weighted by Crippen LogP contribution is -2.13. The summed E-state index contributed by atoms with van der Waals surface area (Å²) in [5.41, 5.74) is 11.3. The summed E-state index contributed by atoms with van der Waals surface area (Å²) in [7, 11) is 1.68. The molecule has 0 aliphatic heterocycles. The number of hydrogen-bond acceptors (Lipinski definition) is 3. The van der Waals surface area contributed by atoms with Crippen LogP contribution in [0.15, 0.2) is 48.8 Å². The van der Waals surface area contributed by atoms with Crippen molar-refractivity contribution in [1.29, 1.82) is 0 Å². The average molecular weight is 392 g/mol. The van der Waals surface area contributed by atoms with Gasteiger partial charge in [0, 0.05) is 40.5 Å². The molecule has 1 amide bonds. The van der Waals surface area contributed by atoms with Crippen molar-refractivity contribution in [3.05, 3.63) is 71.3 Å². The Hall–Kier alpha value is -3.08. The zero-order valence-electron chi connectivity index (χ0n) is 17.4. The minimum Gasteiger partial charge on any atom is -0.496 e. The number of pyridine rings is 1. The van der Waals surface area contributed by atoms with Gasteiger partial charge in [0.25, 0.3) is 5.91 Å². The summed E-state index contributed by atoms with van der Waals surface area (Å²) in [6.07, 6.45) is 7.74. The molecule has 0 radical (unpaired) electrons. The standard InChI is InChI=1S/C24H29N3O2/c1-4-5-6-12-20-23(18-11-9-14-26-15-18)22(24(25)28)17(2)27(20)16-19-10-7-8-13-21(19)29-3/h7-11,13-15H,4-6,12,16H2,1-3H3,(H2,25,28). The van der Waals surface area contributed by atoms with E-state index in [1.165, 1.54) is 0 Å². The van der Waals surface area contributed by atoms with Gasteiger partial charge in [0.05, 0.1) is 19.2 Å². The van der Waals surface area contributed by atoms with Crippen molar-refractivity contribution in [3.8, 4) is 16.9 Å². The first-order chi connectivity index (χ1) is 14.1. The fourth-order valence-corrected chi connectivity index (χ4v) is 3.94. The van der Waals surface area contributed by atoms with Crippen LogP contribution in [-0.2, 0) is 13.0 Å². The molecule has 2 N–H and O–H groups in total. The topological polar surface area (TPSA) is 70.1 Å². The molecular weight excluding hydrogens is 362 g/mol. The molecule has 0 spiro atoms. The van der Waals surface area contributed by atoms with Gasteiger partial charge in [0.2, 0.25) is 0 Å². The Morgan fingerprint density at radius 3 is 2.62 bits per heavy atom. The molecule has 0 atom stereocenters. The van der Waals surface area contributed by atoms with E-state index in [-0.39, 0.29) is 0 Å². The maximum Gasteiger partial charge on any atom is 0.251 e. The highest BCUT2D eigenvalue weighted by molar-refractivity contribution is 6.02. The van der Waals surface area contributed by atoms with E-state index in [0.29, 0.717) is 12.1 Å². The highest BCUT2D eigenvalue weighted by atomic mass is 16.5. The van der Waals surface area contributed by atoms with Gasteiger partial charge in [-0.25, -0.2) is 0 Å². The maximum atomic E-state index is 12.5. The largest absolute Gasteiger partial charge is 0.496 e. The van der Waals surface area contributed by atoms with Crippen molar-refractivity contribution in [1.82, 2.24) is 9.55 Å². The van der Waals surface area contributed by atoms with Gasteiger partial charge in [-0.2, -0.15) is 0 Å². The zero-order valence-corrected chi connectivity index (χ0v) is 17.4. The molecule has 0 saturated heterocycles. The predicted molar refractivity (Wildman–Crippen MR) is 116 cm³/mol. The Morgan fingerprint density at radius 1 is 1.17 bits per heavy atom. The number of unbranched alkanes of at least 4 members (excludes halogenated alkanes) is 2. The van der Waals surface area contributed by atoms with Crippen LogP contribution in [-0.4, -0.2) is 22.6 Å². The molecule has 29 heavy (non-hydrogen) atoms. The van der Waals surface area contributed by atoms with E-state index >= 15 is 0 Å². The third-order valence-corrected chi connectivity index (χ3v) is 5.37. The maximum absolute atomic E-state index is 12.5. The lowest BCUT2D eigenvalue weighted by molar-refractivity contribution is 0.1000. The number of nitrogens with two attached hydrogens (primary N) is 1. The highest BCUT2D eigenvalue weighted by Crippen LogP contribution is 2.34. The molecular formula is C24H29N3O2. The van der Waals surface area contributed by atoms with Crippen LogP contribution in [0.3, 0.4) is 0 Å². The minimum absolute atomic E-state index is 0.406. The van der Waals surface area contributed by atoms with Gasteiger partial charge in [0.15, 0.2) is 0 Å². The molecule has 0 bridgehead atoms. The SMILES string of the molecule is CCCCCc1c(-c2cccnc2)c(C(N)=O)c(C)n1Cc1ccccc1OC. The van der Waals surface area contributed by atoms with Crippen LogP contribution in [0, 0.1) is 6.92 Å².